The number of nitrogens with two attached hydrogens (primary N) is 1. The molecule has 0 heterocycles. The number of hydrogen-bond donors (Lipinski definition) is 4. The van der Waals surface area contributed by atoms with Gasteiger partial charge in [-0.05, 0) is 43.0 Å². The second-order valence-electron chi connectivity index (χ2n) is 4.78. The maximum atomic E-state index is 10.7. The Balaban J connectivity index is 2.74. The smallest absolute Gasteiger partial charge is 0.216 e. The number of aliphatic hydroxyl groups is 2. The zero-order valence-corrected chi connectivity index (χ0v) is 11.6. The molecule has 0 aromatic heterocycles. The van der Waals surface area contributed by atoms with Crippen LogP contribution in [-0.2, 0) is 4.79 Å². The Morgan fingerprint density at radius 1 is 1.32 bits per heavy atom. The van der Waals surface area contributed by atoms with Crippen LogP contribution in [0.2, 0.25) is 0 Å². The average molecular weight is 266 g/mol. The summed E-state index contributed by atoms with van der Waals surface area (Å²) in [5.74, 6) is -0.152. The number of carbonyl (C=O) groups excluding carboxylic acids is 1. The van der Waals surface area contributed by atoms with Gasteiger partial charge in [0.05, 0.1) is 6.10 Å². The number of benzene rings is 1. The quantitative estimate of drug-likeness (QED) is 0.593. The molecule has 5 N–H and O–H groups in total. The zero-order chi connectivity index (χ0) is 14.6. The molecule has 0 saturated carbocycles. The molecule has 0 saturated heterocycles. The lowest BCUT2D eigenvalue weighted by Crippen LogP contribution is -2.28. The van der Waals surface area contributed by atoms with Gasteiger partial charge in [0, 0.05) is 19.2 Å². The SMILES string of the molecule is CC(=O)NCCC(O)C(O)c1ccc(N)c(C)c1C. The van der Waals surface area contributed by atoms with E-state index >= 15 is 0 Å². The summed E-state index contributed by atoms with van der Waals surface area (Å²) < 4.78 is 0. The number of nitrogen functional groups attached to an aromatic ring is 1. The molecule has 0 bridgehead atoms. The molecular formula is C14H22N2O3. The van der Waals surface area contributed by atoms with Crippen LogP contribution in [0.1, 0.15) is 36.1 Å². The number of anilines is 1. The lowest BCUT2D eigenvalue weighted by Gasteiger charge is -2.21. The maximum Gasteiger partial charge on any atom is 0.216 e. The molecule has 5 nitrogen and oxygen atoms in total. The Morgan fingerprint density at radius 2 is 1.95 bits per heavy atom. The second kappa shape index (κ2) is 6.54. The van der Waals surface area contributed by atoms with Crippen LogP contribution in [0.15, 0.2) is 12.1 Å². The van der Waals surface area contributed by atoms with Crippen LogP contribution in [0.3, 0.4) is 0 Å². The van der Waals surface area contributed by atoms with Gasteiger partial charge >= 0.3 is 0 Å². The molecule has 0 aliphatic carbocycles. The molecule has 0 aliphatic heterocycles. The second-order valence-corrected chi connectivity index (χ2v) is 4.78. The molecule has 106 valence electrons. The van der Waals surface area contributed by atoms with Gasteiger partial charge < -0.3 is 21.3 Å². The van der Waals surface area contributed by atoms with Gasteiger partial charge in [-0.15, -0.1) is 0 Å². The van der Waals surface area contributed by atoms with Crippen molar-refractivity contribution in [1.29, 1.82) is 0 Å². The minimum absolute atomic E-state index is 0.152. The third-order valence-electron chi connectivity index (χ3n) is 3.37. The first-order valence-corrected chi connectivity index (χ1v) is 6.30. The van der Waals surface area contributed by atoms with E-state index < -0.39 is 12.2 Å². The molecule has 1 rings (SSSR count). The summed E-state index contributed by atoms with van der Waals surface area (Å²) in [4.78, 5) is 10.7. The van der Waals surface area contributed by atoms with Crippen LogP contribution >= 0.6 is 0 Å². The minimum Gasteiger partial charge on any atom is -0.399 e. The lowest BCUT2D eigenvalue weighted by atomic mass is 9.94. The Labute approximate surface area is 113 Å². The molecule has 1 aromatic rings. The Hall–Kier alpha value is -1.59. The maximum absolute atomic E-state index is 10.7. The van der Waals surface area contributed by atoms with Crippen LogP contribution in [0.4, 0.5) is 5.69 Å². The van der Waals surface area contributed by atoms with Gasteiger partial charge in [-0.3, -0.25) is 4.79 Å². The Kier molecular flexibility index (Phi) is 5.32. The van der Waals surface area contributed by atoms with Crippen molar-refractivity contribution < 1.29 is 15.0 Å². The summed E-state index contributed by atoms with van der Waals surface area (Å²) in [6.07, 6.45) is -1.61. The van der Waals surface area contributed by atoms with Crippen molar-refractivity contribution in [3.63, 3.8) is 0 Å². The first-order valence-electron chi connectivity index (χ1n) is 6.30. The lowest BCUT2D eigenvalue weighted by molar-refractivity contribution is -0.119. The fraction of sp³-hybridized carbons (Fsp3) is 0.500. The molecule has 0 spiro atoms. The van der Waals surface area contributed by atoms with Crippen LogP contribution in [-0.4, -0.2) is 28.8 Å². The number of aliphatic hydroxyl groups excluding tert-OH is 2. The fourth-order valence-electron chi connectivity index (χ4n) is 1.94. The Morgan fingerprint density at radius 3 is 2.53 bits per heavy atom. The van der Waals surface area contributed by atoms with Crippen LogP contribution in [0.5, 0.6) is 0 Å². The summed E-state index contributed by atoms with van der Waals surface area (Å²) in [5, 5.41) is 22.7. The van der Waals surface area contributed by atoms with E-state index in [0.29, 0.717) is 24.2 Å². The molecule has 1 amide bonds. The molecule has 2 unspecified atom stereocenters. The molecule has 19 heavy (non-hydrogen) atoms. The van der Waals surface area contributed by atoms with Crippen molar-refractivity contribution in [3.05, 3.63) is 28.8 Å². The standard InChI is InChI=1S/C14H22N2O3/c1-8-9(2)12(15)5-4-11(8)14(19)13(18)6-7-16-10(3)17/h4-5,13-14,18-19H,6-7,15H2,1-3H3,(H,16,17). The molecule has 0 radical (unpaired) electrons. The van der Waals surface area contributed by atoms with Gasteiger partial charge in [-0.25, -0.2) is 0 Å². The molecule has 0 aliphatic rings. The highest BCUT2D eigenvalue weighted by Gasteiger charge is 2.20. The van der Waals surface area contributed by atoms with Crippen molar-refractivity contribution in [2.75, 3.05) is 12.3 Å². The number of hydrogen-bond acceptors (Lipinski definition) is 4. The van der Waals surface area contributed by atoms with E-state index in [1.165, 1.54) is 6.92 Å². The molecule has 1 aromatic carbocycles. The van der Waals surface area contributed by atoms with Gasteiger partial charge in [0.1, 0.15) is 6.10 Å². The summed E-state index contributed by atoms with van der Waals surface area (Å²) in [6, 6.07) is 3.45. The number of nitrogens with one attached hydrogen (secondary N) is 1. The third-order valence-corrected chi connectivity index (χ3v) is 3.37. The van der Waals surface area contributed by atoms with Crippen LogP contribution in [0, 0.1) is 13.8 Å². The highest BCUT2D eigenvalue weighted by molar-refractivity contribution is 5.72. The van der Waals surface area contributed by atoms with Gasteiger partial charge in [0.2, 0.25) is 5.91 Å². The Bertz CT molecular complexity index is 460. The van der Waals surface area contributed by atoms with E-state index in [-0.39, 0.29) is 5.91 Å². The number of carbonyl (C=O) groups is 1. The van der Waals surface area contributed by atoms with Crippen molar-refractivity contribution in [2.45, 2.75) is 39.4 Å². The van der Waals surface area contributed by atoms with Gasteiger partial charge in [0.15, 0.2) is 0 Å². The molecule has 2 atom stereocenters. The minimum atomic E-state index is -0.979. The summed E-state index contributed by atoms with van der Waals surface area (Å²) >= 11 is 0. The first-order chi connectivity index (χ1) is 8.84. The van der Waals surface area contributed by atoms with Crippen LogP contribution < -0.4 is 11.1 Å². The normalized spacial score (nSPS) is 13.9. The summed E-state index contributed by atoms with van der Waals surface area (Å²) in [5.41, 5.74) is 8.91. The van der Waals surface area contributed by atoms with E-state index in [0.717, 1.165) is 11.1 Å². The van der Waals surface area contributed by atoms with E-state index in [1.807, 2.05) is 13.8 Å². The van der Waals surface area contributed by atoms with Gasteiger partial charge in [-0.2, -0.15) is 0 Å². The first kappa shape index (κ1) is 15.5. The predicted octanol–water partition coefficient (Wildman–Crippen LogP) is 0.806. The van der Waals surface area contributed by atoms with Crippen molar-refractivity contribution in [3.8, 4) is 0 Å². The summed E-state index contributed by atoms with van der Waals surface area (Å²) in [7, 11) is 0. The van der Waals surface area contributed by atoms with Crippen molar-refractivity contribution in [2.24, 2.45) is 0 Å². The zero-order valence-electron chi connectivity index (χ0n) is 11.6. The molecule has 0 fully saturated rings. The highest BCUT2D eigenvalue weighted by atomic mass is 16.3. The molecule has 5 heteroatoms. The van der Waals surface area contributed by atoms with E-state index in [4.69, 9.17) is 5.73 Å². The van der Waals surface area contributed by atoms with Gasteiger partial charge in [0.25, 0.3) is 0 Å². The molecular weight excluding hydrogens is 244 g/mol. The van der Waals surface area contributed by atoms with E-state index in [9.17, 15) is 15.0 Å². The van der Waals surface area contributed by atoms with Gasteiger partial charge in [-0.1, -0.05) is 6.07 Å². The largest absolute Gasteiger partial charge is 0.399 e. The van der Waals surface area contributed by atoms with E-state index in [1.54, 1.807) is 12.1 Å². The van der Waals surface area contributed by atoms with Crippen molar-refractivity contribution >= 4 is 11.6 Å². The fourth-order valence-corrected chi connectivity index (χ4v) is 1.94. The topological polar surface area (TPSA) is 95.6 Å². The highest BCUT2D eigenvalue weighted by Crippen LogP contribution is 2.27. The average Bonchev–Trinajstić information content (AvgIpc) is 2.35. The van der Waals surface area contributed by atoms with Crippen LogP contribution in [0.25, 0.3) is 0 Å². The number of amides is 1. The van der Waals surface area contributed by atoms with Crippen molar-refractivity contribution in [1.82, 2.24) is 5.32 Å². The third kappa shape index (κ3) is 3.94. The summed E-state index contributed by atoms with van der Waals surface area (Å²) in [6.45, 7) is 5.49. The predicted molar refractivity (Wildman–Crippen MR) is 74.6 cm³/mol. The number of rotatable bonds is 5. The monoisotopic (exact) mass is 266 g/mol. The van der Waals surface area contributed by atoms with E-state index in [2.05, 4.69) is 5.32 Å².